The van der Waals surface area contributed by atoms with E-state index in [-0.39, 0.29) is 0 Å². The number of rotatable bonds is 2. The van der Waals surface area contributed by atoms with Gasteiger partial charge in [0.1, 0.15) is 0 Å². The van der Waals surface area contributed by atoms with Crippen molar-refractivity contribution in [1.82, 2.24) is 5.16 Å². The predicted octanol–water partition coefficient (Wildman–Crippen LogP) is 5.24. The van der Waals surface area contributed by atoms with Gasteiger partial charge >= 0.3 is 0 Å². The second-order valence-electron chi connectivity index (χ2n) is 7.61. The first-order chi connectivity index (χ1) is 10.5. The van der Waals surface area contributed by atoms with Crippen molar-refractivity contribution in [3.05, 3.63) is 36.0 Å². The molecule has 1 fully saturated rings. The van der Waals surface area contributed by atoms with E-state index in [4.69, 9.17) is 10.3 Å². The van der Waals surface area contributed by atoms with Gasteiger partial charge in [-0.1, -0.05) is 50.2 Å². The third kappa shape index (κ3) is 2.90. The van der Waals surface area contributed by atoms with Crippen LogP contribution in [0, 0.1) is 11.3 Å². The van der Waals surface area contributed by atoms with E-state index < -0.39 is 0 Å². The first kappa shape index (κ1) is 15.1. The lowest BCUT2D eigenvalue weighted by atomic mass is 9.68. The highest BCUT2D eigenvalue weighted by atomic mass is 16.5. The fourth-order valence-electron chi connectivity index (χ4n) is 3.82. The largest absolute Gasteiger partial charge is 0.367 e. The second-order valence-corrected chi connectivity index (χ2v) is 7.61. The Labute approximate surface area is 132 Å². The van der Waals surface area contributed by atoms with E-state index in [2.05, 4.69) is 50.2 Å². The first-order valence-electron chi connectivity index (χ1n) is 8.26. The molecule has 1 aliphatic carbocycles. The molecule has 2 N–H and O–H groups in total. The van der Waals surface area contributed by atoms with Crippen LogP contribution in [0.3, 0.4) is 0 Å². The number of hydrogen-bond acceptors (Lipinski definition) is 3. The van der Waals surface area contributed by atoms with E-state index in [1.807, 2.05) is 0 Å². The lowest BCUT2D eigenvalue weighted by Crippen LogP contribution is -2.25. The van der Waals surface area contributed by atoms with Crippen molar-refractivity contribution in [2.45, 2.75) is 52.4 Å². The van der Waals surface area contributed by atoms with Gasteiger partial charge in [0.2, 0.25) is 5.88 Å². The minimum Gasteiger partial charge on any atom is -0.367 e. The van der Waals surface area contributed by atoms with Gasteiger partial charge in [0.25, 0.3) is 0 Å². The van der Waals surface area contributed by atoms with Crippen LogP contribution < -0.4 is 5.73 Å². The van der Waals surface area contributed by atoms with Gasteiger partial charge in [-0.3, -0.25) is 0 Å². The highest BCUT2D eigenvalue weighted by Crippen LogP contribution is 2.45. The molecule has 118 valence electrons. The van der Waals surface area contributed by atoms with E-state index in [0.717, 1.165) is 11.5 Å². The van der Waals surface area contributed by atoms with Crippen LogP contribution in [0.1, 0.15) is 57.9 Å². The van der Waals surface area contributed by atoms with Crippen LogP contribution in [-0.2, 0) is 0 Å². The van der Waals surface area contributed by atoms with Gasteiger partial charge in [-0.05, 0) is 54.1 Å². The summed E-state index contributed by atoms with van der Waals surface area (Å²) >= 11 is 0. The van der Waals surface area contributed by atoms with Crippen LogP contribution in [0.15, 0.2) is 35.0 Å². The zero-order chi connectivity index (χ0) is 15.7. The van der Waals surface area contributed by atoms with Crippen molar-refractivity contribution in [3.8, 4) is 11.1 Å². The van der Waals surface area contributed by atoms with Crippen molar-refractivity contribution in [2.75, 3.05) is 5.73 Å². The van der Waals surface area contributed by atoms with E-state index >= 15 is 0 Å². The third-order valence-electron chi connectivity index (χ3n) is 5.24. The lowest BCUT2D eigenvalue weighted by Gasteiger charge is -2.37. The maximum absolute atomic E-state index is 5.92. The maximum Gasteiger partial charge on any atom is 0.229 e. The standard InChI is InChI=1S/C19H26N2O/c1-19(2,3)14-10-8-13(9-11-14)15-6-4-5-7-16(15)17-12-21-22-18(17)20/h4-7,12-14H,8-11,20H2,1-3H3. The SMILES string of the molecule is CC(C)(C)C1CCC(c2ccccc2-c2cnoc2N)CC1. The topological polar surface area (TPSA) is 52.0 Å². The molecule has 0 unspecified atom stereocenters. The molecule has 3 nitrogen and oxygen atoms in total. The normalized spacial score (nSPS) is 22.7. The summed E-state index contributed by atoms with van der Waals surface area (Å²) in [6.07, 6.45) is 6.85. The molecule has 2 aromatic rings. The number of nitrogen functional groups attached to an aromatic ring is 1. The van der Waals surface area contributed by atoms with Crippen LogP contribution >= 0.6 is 0 Å². The van der Waals surface area contributed by atoms with Gasteiger partial charge in [-0.2, -0.15) is 0 Å². The smallest absolute Gasteiger partial charge is 0.229 e. The summed E-state index contributed by atoms with van der Waals surface area (Å²) in [7, 11) is 0. The Balaban J connectivity index is 1.84. The molecule has 0 radical (unpaired) electrons. The quantitative estimate of drug-likeness (QED) is 0.824. The Morgan fingerprint density at radius 3 is 2.32 bits per heavy atom. The highest BCUT2D eigenvalue weighted by Gasteiger charge is 2.31. The number of nitrogens with two attached hydrogens (primary N) is 1. The summed E-state index contributed by atoms with van der Waals surface area (Å²) in [6.45, 7) is 7.09. The summed E-state index contributed by atoms with van der Waals surface area (Å²) in [4.78, 5) is 0. The molecule has 0 spiro atoms. The highest BCUT2D eigenvalue weighted by molar-refractivity contribution is 5.75. The van der Waals surface area contributed by atoms with Crippen molar-refractivity contribution >= 4 is 5.88 Å². The van der Waals surface area contributed by atoms with Crippen LogP contribution in [-0.4, -0.2) is 5.16 Å². The van der Waals surface area contributed by atoms with E-state index in [9.17, 15) is 0 Å². The molecule has 1 heterocycles. The Morgan fingerprint density at radius 2 is 1.73 bits per heavy atom. The van der Waals surface area contributed by atoms with Gasteiger partial charge in [-0.25, -0.2) is 0 Å². The Morgan fingerprint density at radius 1 is 1.05 bits per heavy atom. The minimum atomic E-state index is 0.413. The molecule has 1 saturated carbocycles. The molecular formula is C19H26N2O. The molecule has 1 aromatic carbocycles. The molecule has 0 saturated heterocycles. The number of nitrogens with zero attached hydrogens (tertiary/aromatic N) is 1. The van der Waals surface area contributed by atoms with Crippen LogP contribution in [0.25, 0.3) is 11.1 Å². The van der Waals surface area contributed by atoms with Crippen molar-refractivity contribution in [1.29, 1.82) is 0 Å². The van der Waals surface area contributed by atoms with Crippen LogP contribution in [0.2, 0.25) is 0 Å². The Kier molecular flexibility index (Phi) is 3.98. The Hall–Kier alpha value is -1.77. The molecule has 3 rings (SSSR count). The fourth-order valence-corrected chi connectivity index (χ4v) is 3.82. The van der Waals surface area contributed by atoms with Crippen LogP contribution in [0.4, 0.5) is 5.88 Å². The molecule has 0 amide bonds. The summed E-state index contributed by atoms with van der Waals surface area (Å²) < 4.78 is 5.05. The summed E-state index contributed by atoms with van der Waals surface area (Å²) in [5.74, 6) is 1.86. The average Bonchev–Trinajstić information content (AvgIpc) is 2.92. The first-order valence-corrected chi connectivity index (χ1v) is 8.26. The number of anilines is 1. The summed E-state index contributed by atoms with van der Waals surface area (Å²) in [5, 5.41) is 3.83. The molecule has 0 atom stereocenters. The number of hydrogen-bond donors (Lipinski definition) is 1. The molecule has 1 aromatic heterocycles. The van der Waals surface area contributed by atoms with E-state index in [1.165, 1.54) is 36.8 Å². The van der Waals surface area contributed by atoms with Crippen molar-refractivity contribution in [3.63, 3.8) is 0 Å². The van der Waals surface area contributed by atoms with E-state index in [0.29, 0.717) is 17.2 Å². The second kappa shape index (κ2) is 5.79. The summed E-state index contributed by atoms with van der Waals surface area (Å²) in [6, 6.07) is 8.56. The molecule has 0 aliphatic heterocycles. The zero-order valence-electron chi connectivity index (χ0n) is 13.8. The fraction of sp³-hybridized carbons (Fsp3) is 0.526. The Bertz CT molecular complexity index is 631. The van der Waals surface area contributed by atoms with Crippen LogP contribution in [0.5, 0.6) is 0 Å². The average molecular weight is 298 g/mol. The number of aromatic nitrogens is 1. The minimum absolute atomic E-state index is 0.413. The molecule has 22 heavy (non-hydrogen) atoms. The van der Waals surface area contributed by atoms with Gasteiger partial charge in [-0.15, -0.1) is 0 Å². The van der Waals surface area contributed by atoms with Crippen molar-refractivity contribution < 1.29 is 4.52 Å². The van der Waals surface area contributed by atoms with E-state index in [1.54, 1.807) is 6.20 Å². The molecular weight excluding hydrogens is 272 g/mol. The van der Waals surface area contributed by atoms with Gasteiger partial charge < -0.3 is 10.3 Å². The zero-order valence-corrected chi connectivity index (χ0v) is 13.8. The maximum atomic E-state index is 5.92. The van der Waals surface area contributed by atoms with Gasteiger partial charge in [0, 0.05) is 0 Å². The van der Waals surface area contributed by atoms with Gasteiger partial charge in [0.15, 0.2) is 0 Å². The molecule has 1 aliphatic rings. The lowest BCUT2D eigenvalue weighted by molar-refractivity contribution is 0.169. The third-order valence-corrected chi connectivity index (χ3v) is 5.24. The predicted molar refractivity (Wildman–Crippen MR) is 90.5 cm³/mol. The number of benzene rings is 1. The summed E-state index contributed by atoms with van der Waals surface area (Å²) in [5.41, 5.74) is 9.84. The monoisotopic (exact) mass is 298 g/mol. The molecule has 3 heteroatoms. The molecule has 0 bridgehead atoms. The van der Waals surface area contributed by atoms with Gasteiger partial charge in [0.05, 0.1) is 11.8 Å². The van der Waals surface area contributed by atoms with Crippen molar-refractivity contribution in [2.24, 2.45) is 11.3 Å².